The number of hydrogen-bond donors (Lipinski definition) is 0. The molecular weight excluding hydrogens is 448 g/mol. The minimum absolute atomic E-state index is 0.101. The standard InChI is InChI=1S/C27H22N2O6/c1-18-25(27(31)34-2)23(26(30)28(18)21-12-14-22(15-13-21)29(32)33)16-20-10-6-7-11-24(20)35-17-19-8-4-3-5-9-19/h3-16H,17H2,1-2H3/b23-16-. The van der Waals surface area contributed by atoms with Crippen molar-refractivity contribution in [2.75, 3.05) is 12.0 Å². The molecule has 8 heteroatoms. The predicted molar refractivity (Wildman–Crippen MR) is 130 cm³/mol. The fourth-order valence-electron chi connectivity index (χ4n) is 3.84. The topological polar surface area (TPSA) is 99.0 Å². The van der Waals surface area contributed by atoms with Crippen LogP contribution >= 0.6 is 0 Å². The van der Waals surface area contributed by atoms with Gasteiger partial charge in [-0.05, 0) is 36.8 Å². The Labute approximate surface area is 201 Å². The minimum Gasteiger partial charge on any atom is -0.488 e. The van der Waals surface area contributed by atoms with E-state index in [-0.39, 0.29) is 16.8 Å². The number of allylic oxidation sites excluding steroid dienone is 1. The Morgan fingerprint density at radius 1 is 1.00 bits per heavy atom. The molecule has 0 saturated heterocycles. The van der Waals surface area contributed by atoms with E-state index in [4.69, 9.17) is 9.47 Å². The summed E-state index contributed by atoms with van der Waals surface area (Å²) in [6.45, 7) is 1.97. The molecule has 8 nitrogen and oxygen atoms in total. The number of amides is 1. The third-order valence-electron chi connectivity index (χ3n) is 5.56. The molecule has 4 rings (SSSR count). The van der Waals surface area contributed by atoms with Crippen LogP contribution in [-0.4, -0.2) is 23.9 Å². The van der Waals surface area contributed by atoms with Crippen molar-refractivity contribution in [1.29, 1.82) is 0 Å². The molecule has 0 aromatic heterocycles. The number of nitro benzene ring substituents is 1. The summed E-state index contributed by atoms with van der Waals surface area (Å²) in [5.41, 5.74) is 2.53. The molecule has 0 radical (unpaired) electrons. The summed E-state index contributed by atoms with van der Waals surface area (Å²) in [6.07, 6.45) is 1.60. The molecule has 1 aliphatic heterocycles. The monoisotopic (exact) mass is 470 g/mol. The van der Waals surface area contributed by atoms with Crippen molar-refractivity contribution in [2.24, 2.45) is 0 Å². The zero-order valence-electron chi connectivity index (χ0n) is 19.1. The van der Waals surface area contributed by atoms with Gasteiger partial charge >= 0.3 is 5.97 Å². The fraction of sp³-hybridized carbons (Fsp3) is 0.111. The van der Waals surface area contributed by atoms with Crippen LogP contribution in [0.5, 0.6) is 5.75 Å². The number of nitro groups is 1. The zero-order chi connectivity index (χ0) is 24.9. The molecule has 0 spiro atoms. The lowest BCUT2D eigenvalue weighted by molar-refractivity contribution is -0.384. The van der Waals surface area contributed by atoms with Gasteiger partial charge in [-0.25, -0.2) is 4.79 Å². The van der Waals surface area contributed by atoms with E-state index in [1.165, 1.54) is 36.3 Å². The van der Waals surface area contributed by atoms with Gasteiger partial charge in [-0.15, -0.1) is 0 Å². The van der Waals surface area contributed by atoms with Gasteiger partial charge in [0, 0.05) is 29.1 Å². The molecule has 0 saturated carbocycles. The number of nitrogens with zero attached hydrogens (tertiary/aromatic N) is 2. The number of ether oxygens (including phenoxy) is 2. The Morgan fingerprint density at radius 2 is 1.66 bits per heavy atom. The predicted octanol–water partition coefficient (Wildman–Crippen LogP) is 5.05. The van der Waals surface area contributed by atoms with Gasteiger partial charge in [0.25, 0.3) is 11.6 Å². The molecule has 0 fully saturated rings. The molecule has 0 aliphatic carbocycles. The number of hydrogen-bond acceptors (Lipinski definition) is 6. The highest BCUT2D eigenvalue weighted by Gasteiger charge is 2.38. The van der Waals surface area contributed by atoms with E-state index >= 15 is 0 Å². The average Bonchev–Trinajstić information content (AvgIpc) is 3.12. The molecule has 3 aromatic carbocycles. The van der Waals surface area contributed by atoms with Crippen LogP contribution in [0.4, 0.5) is 11.4 Å². The van der Waals surface area contributed by atoms with Crippen molar-refractivity contribution in [2.45, 2.75) is 13.5 Å². The highest BCUT2D eigenvalue weighted by molar-refractivity contribution is 6.23. The van der Waals surface area contributed by atoms with Gasteiger partial charge in [-0.1, -0.05) is 48.5 Å². The van der Waals surface area contributed by atoms with Gasteiger partial charge in [0.05, 0.1) is 23.2 Å². The molecule has 0 atom stereocenters. The lowest BCUT2D eigenvalue weighted by Gasteiger charge is -2.17. The molecular formula is C27H22N2O6. The number of carbonyl (C=O) groups excluding carboxylic acids is 2. The summed E-state index contributed by atoms with van der Waals surface area (Å²) in [4.78, 5) is 38.0. The number of rotatable bonds is 7. The minimum atomic E-state index is -0.658. The third-order valence-corrected chi connectivity index (χ3v) is 5.56. The van der Waals surface area contributed by atoms with E-state index in [1.54, 1.807) is 25.1 Å². The van der Waals surface area contributed by atoms with Crippen molar-refractivity contribution >= 4 is 29.3 Å². The van der Waals surface area contributed by atoms with Crippen molar-refractivity contribution in [3.8, 4) is 5.75 Å². The van der Waals surface area contributed by atoms with Crippen LogP contribution < -0.4 is 9.64 Å². The normalized spacial score (nSPS) is 14.4. The summed E-state index contributed by atoms with van der Waals surface area (Å²) in [6, 6.07) is 22.4. The van der Waals surface area contributed by atoms with Crippen molar-refractivity contribution in [3.63, 3.8) is 0 Å². The lowest BCUT2D eigenvalue weighted by atomic mass is 10.0. The van der Waals surface area contributed by atoms with E-state index in [1.807, 2.05) is 42.5 Å². The van der Waals surface area contributed by atoms with Crippen LogP contribution in [0.2, 0.25) is 0 Å². The van der Waals surface area contributed by atoms with E-state index in [2.05, 4.69) is 0 Å². The van der Waals surface area contributed by atoms with Crippen LogP contribution in [0.15, 0.2) is 95.7 Å². The van der Waals surface area contributed by atoms with Crippen LogP contribution in [0, 0.1) is 10.1 Å². The molecule has 1 amide bonds. The van der Waals surface area contributed by atoms with E-state index in [0.717, 1.165) is 5.56 Å². The second-order valence-corrected chi connectivity index (χ2v) is 7.74. The van der Waals surface area contributed by atoms with E-state index in [0.29, 0.717) is 29.3 Å². The first-order chi connectivity index (χ1) is 16.9. The van der Waals surface area contributed by atoms with E-state index in [9.17, 15) is 19.7 Å². The maximum Gasteiger partial charge on any atom is 0.340 e. The lowest BCUT2D eigenvalue weighted by Crippen LogP contribution is -2.24. The first-order valence-electron chi connectivity index (χ1n) is 10.8. The van der Waals surface area contributed by atoms with Gasteiger partial charge in [0.2, 0.25) is 0 Å². The molecule has 3 aromatic rings. The van der Waals surface area contributed by atoms with Crippen LogP contribution in [0.1, 0.15) is 18.1 Å². The highest BCUT2D eigenvalue weighted by Crippen LogP contribution is 2.37. The van der Waals surface area contributed by atoms with E-state index < -0.39 is 16.8 Å². The third kappa shape index (κ3) is 4.81. The number of non-ortho nitro benzene ring substituents is 1. The molecule has 0 bridgehead atoms. The summed E-state index contributed by atoms with van der Waals surface area (Å²) >= 11 is 0. The Kier molecular flexibility index (Phi) is 6.73. The Balaban J connectivity index is 1.72. The summed E-state index contributed by atoms with van der Waals surface area (Å²) < 4.78 is 11.0. The Hall–Kier alpha value is -4.72. The fourth-order valence-corrected chi connectivity index (χ4v) is 3.84. The average molecular weight is 470 g/mol. The summed E-state index contributed by atoms with van der Waals surface area (Å²) in [7, 11) is 1.25. The second kappa shape index (κ2) is 10.0. The van der Waals surface area contributed by atoms with Gasteiger partial charge in [0.15, 0.2) is 0 Å². The van der Waals surface area contributed by atoms with Crippen LogP contribution in [0.25, 0.3) is 6.08 Å². The Bertz CT molecular complexity index is 1340. The number of carbonyl (C=O) groups is 2. The van der Waals surface area contributed by atoms with Gasteiger partial charge in [-0.3, -0.25) is 19.8 Å². The molecule has 35 heavy (non-hydrogen) atoms. The first-order valence-corrected chi connectivity index (χ1v) is 10.8. The molecule has 0 N–H and O–H groups in total. The molecule has 1 heterocycles. The quantitative estimate of drug-likeness (QED) is 0.207. The summed E-state index contributed by atoms with van der Waals surface area (Å²) in [5.74, 6) is -0.559. The summed E-state index contributed by atoms with van der Waals surface area (Å²) in [5, 5.41) is 11.0. The zero-order valence-corrected chi connectivity index (χ0v) is 19.1. The SMILES string of the molecule is COC(=O)C1=C(C)N(c2ccc([N+](=O)[O-])cc2)C(=O)/C1=C\c1ccccc1OCc1ccccc1. The number of esters is 1. The molecule has 176 valence electrons. The number of anilines is 1. The molecule has 1 aliphatic rings. The Morgan fingerprint density at radius 3 is 2.31 bits per heavy atom. The number of benzene rings is 3. The maximum atomic E-state index is 13.5. The van der Waals surface area contributed by atoms with Crippen LogP contribution in [0.3, 0.4) is 0 Å². The second-order valence-electron chi connectivity index (χ2n) is 7.74. The first kappa shape index (κ1) is 23.4. The van der Waals surface area contributed by atoms with Crippen LogP contribution in [-0.2, 0) is 20.9 Å². The van der Waals surface area contributed by atoms with Crippen molar-refractivity contribution in [1.82, 2.24) is 0 Å². The smallest absolute Gasteiger partial charge is 0.340 e. The van der Waals surface area contributed by atoms with Gasteiger partial charge in [-0.2, -0.15) is 0 Å². The maximum absolute atomic E-state index is 13.5. The molecule has 0 unspecified atom stereocenters. The van der Waals surface area contributed by atoms with Gasteiger partial charge in [0.1, 0.15) is 12.4 Å². The van der Waals surface area contributed by atoms with Crippen molar-refractivity contribution in [3.05, 3.63) is 117 Å². The van der Waals surface area contributed by atoms with Crippen molar-refractivity contribution < 1.29 is 24.0 Å². The largest absolute Gasteiger partial charge is 0.488 e. The highest BCUT2D eigenvalue weighted by atomic mass is 16.6. The van der Waals surface area contributed by atoms with Gasteiger partial charge < -0.3 is 9.47 Å². The number of para-hydroxylation sites is 1. The number of methoxy groups -OCH3 is 1.